The Bertz CT molecular complexity index is 753. The molecule has 1 aliphatic rings. The topological polar surface area (TPSA) is 49.3 Å². The molecule has 3 rings (SSSR count). The number of guanidine groups is 1. The van der Waals surface area contributed by atoms with Gasteiger partial charge in [0.25, 0.3) is 0 Å². The summed E-state index contributed by atoms with van der Waals surface area (Å²) < 4.78 is 1.14. The summed E-state index contributed by atoms with van der Waals surface area (Å²) >= 11 is 3.58. The van der Waals surface area contributed by atoms with E-state index in [1.54, 1.807) is 0 Å². The van der Waals surface area contributed by atoms with E-state index in [-0.39, 0.29) is 5.41 Å². The normalized spacial score (nSPS) is 15.7. The zero-order chi connectivity index (χ0) is 17.7. The molecule has 132 valence electrons. The minimum absolute atomic E-state index is 0.237. The van der Waals surface area contributed by atoms with Gasteiger partial charge < -0.3 is 10.6 Å². The number of rotatable bonds is 6. The van der Waals surface area contributed by atoms with Gasteiger partial charge in [0.2, 0.25) is 0 Å². The van der Waals surface area contributed by atoms with E-state index in [1.807, 2.05) is 12.3 Å². The summed E-state index contributed by atoms with van der Waals surface area (Å²) in [5.41, 5.74) is 3.83. The number of hydrogen-bond acceptors (Lipinski definition) is 2. The number of nitrogens with one attached hydrogen (secondary N) is 2. The lowest BCUT2D eigenvalue weighted by atomic mass is 9.96. The van der Waals surface area contributed by atoms with E-state index in [1.165, 1.54) is 24.0 Å². The molecule has 0 amide bonds. The van der Waals surface area contributed by atoms with Crippen molar-refractivity contribution in [3.63, 3.8) is 0 Å². The molecule has 1 fully saturated rings. The molecule has 25 heavy (non-hydrogen) atoms. The van der Waals surface area contributed by atoms with Gasteiger partial charge >= 0.3 is 0 Å². The zero-order valence-electron chi connectivity index (χ0n) is 14.8. The third kappa shape index (κ3) is 4.60. The van der Waals surface area contributed by atoms with Gasteiger partial charge in [0.15, 0.2) is 5.96 Å². The molecule has 5 heteroatoms. The first-order chi connectivity index (χ1) is 12.1. The van der Waals surface area contributed by atoms with Gasteiger partial charge in [-0.1, -0.05) is 34.1 Å². The Morgan fingerprint density at radius 3 is 2.76 bits per heavy atom. The number of aliphatic imine (C=N–C) groups is 1. The SMILES string of the molecule is CCNC(=NCc1ncccc1C)NCC1(c2cccc(Br)c2)CC1. The average Bonchev–Trinajstić information content (AvgIpc) is 3.40. The number of aryl methyl sites for hydroxylation is 1. The fraction of sp³-hybridized carbons (Fsp3) is 0.400. The van der Waals surface area contributed by atoms with Crippen LogP contribution in [-0.2, 0) is 12.0 Å². The predicted octanol–water partition coefficient (Wildman–Crippen LogP) is 3.94. The van der Waals surface area contributed by atoms with Crippen LogP contribution in [0.4, 0.5) is 0 Å². The summed E-state index contributed by atoms with van der Waals surface area (Å²) in [5, 5.41) is 6.86. The maximum Gasteiger partial charge on any atom is 0.191 e. The molecule has 1 aromatic heterocycles. The van der Waals surface area contributed by atoms with Crippen molar-refractivity contribution < 1.29 is 0 Å². The number of hydrogen-bond donors (Lipinski definition) is 2. The first-order valence-electron chi connectivity index (χ1n) is 8.82. The third-order valence-corrected chi connectivity index (χ3v) is 5.23. The van der Waals surface area contributed by atoms with Crippen LogP contribution in [0.3, 0.4) is 0 Å². The Labute approximate surface area is 158 Å². The number of nitrogens with zero attached hydrogens (tertiary/aromatic N) is 2. The zero-order valence-corrected chi connectivity index (χ0v) is 16.4. The van der Waals surface area contributed by atoms with E-state index in [0.29, 0.717) is 6.54 Å². The van der Waals surface area contributed by atoms with Crippen molar-refractivity contribution in [3.8, 4) is 0 Å². The second-order valence-electron chi connectivity index (χ2n) is 6.61. The molecule has 1 saturated carbocycles. The third-order valence-electron chi connectivity index (χ3n) is 4.73. The molecule has 2 N–H and O–H groups in total. The Kier molecular flexibility index (Phi) is 5.74. The fourth-order valence-electron chi connectivity index (χ4n) is 2.97. The highest BCUT2D eigenvalue weighted by molar-refractivity contribution is 9.10. The number of halogens is 1. The molecule has 0 bridgehead atoms. The molecule has 0 unspecified atom stereocenters. The molecular formula is C20H25BrN4. The van der Waals surface area contributed by atoms with E-state index in [0.717, 1.165) is 29.2 Å². The molecule has 0 spiro atoms. The molecule has 0 atom stereocenters. The van der Waals surface area contributed by atoms with Crippen LogP contribution in [0, 0.1) is 6.92 Å². The van der Waals surface area contributed by atoms with Crippen molar-refractivity contribution in [1.82, 2.24) is 15.6 Å². The van der Waals surface area contributed by atoms with E-state index in [2.05, 4.69) is 75.7 Å². The van der Waals surface area contributed by atoms with Crippen molar-refractivity contribution in [3.05, 3.63) is 63.9 Å². The molecular weight excluding hydrogens is 376 g/mol. The van der Waals surface area contributed by atoms with Crippen LogP contribution in [0.25, 0.3) is 0 Å². The predicted molar refractivity (Wildman–Crippen MR) is 107 cm³/mol. The van der Waals surface area contributed by atoms with Crippen LogP contribution in [0.5, 0.6) is 0 Å². The largest absolute Gasteiger partial charge is 0.357 e. The maximum atomic E-state index is 4.71. The van der Waals surface area contributed by atoms with Crippen LogP contribution in [0.15, 0.2) is 52.1 Å². The molecule has 2 aromatic rings. The van der Waals surface area contributed by atoms with Gasteiger partial charge in [-0.2, -0.15) is 0 Å². The number of aromatic nitrogens is 1. The lowest BCUT2D eigenvalue weighted by Gasteiger charge is -2.19. The maximum absolute atomic E-state index is 4.71. The summed E-state index contributed by atoms with van der Waals surface area (Å²) in [6, 6.07) is 12.7. The Balaban J connectivity index is 1.66. The van der Waals surface area contributed by atoms with Gasteiger partial charge in [-0.25, -0.2) is 4.99 Å². The summed E-state index contributed by atoms with van der Waals surface area (Å²) in [4.78, 5) is 9.13. The lowest BCUT2D eigenvalue weighted by Crippen LogP contribution is -2.41. The molecule has 1 aromatic carbocycles. The molecule has 1 aliphatic carbocycles. The van der Waals surface area contributed by atoms with Crippen molar-refractivity contribution in [1.29, 1.82) is 0 Å². The van der Waals surface area contributed by atoms with Gasteiger partial charge in [-0.15, -0.1) is 0 Å². The molecule has 0 saturated heterocycles. The van der Waals surface area contributed by atoms with Gasteiger partial charge in [0.05, 0.1) is 12.2 Å². The first kappa shape index (κ1) is 17.9. The smallest absolute Gasteiger partial charge is 0.191 e. The lowest BCUT2D eigenvalue weighted by molar-refractivity contribution is 0.645. The Morgan fingerprint density at radius 1 is 1.24 bits per heavy atom. The minimum Gasteiger partial charge on any atom is -0.357 e. The van der Waals surface area contributed by atoms with Crippen LogP contribution in [0.2, 0.25) is 0 Å². The number of benzene rings is 1. The van der Waals surface area contributed by atoms with Crippen LogP contribution >= 0.6 is 15.9 Å². The highest BCUT2D eigenvalue weighted by Crippen LogP contribution is 2.48. The summed E-state index contributed by atoms with van der Waals surface area (Å²) in [6.07, 6.45) is 4.26. The van der Waals surface area contributed by atoms with E-state index in [4.69, 9.17) is 4.99 Å². The van der Waals surface area contributed by atoms with Crippen LogP contribution in [0.1, 0.15) is 36.6 Å². The van der Waals surface area contributed by atoms with E-state index in [9.17, 15) is 0 Å². The monoisotopic (exact) mass is 400 g/mol. The van der Waals surface area contributed by atoms with E-state index < -0.39 is 0 Å². The molecule has 0 aliphatic heterocycles. The molecule has 4 nitrogen and oxygen atoms in total. The van der Waals surface area contributed by atoms with Gasteiger partial charge in [-0.05, 0) is 56.0 Å². The highest BCUT2D eigenvalue weighted by atomic mass is 79.9. The standard InChI is InChI=1S/C20H25BrN4/c1-3-22-19(24-13-18-15(2)6-5-11-23-18)25-14-20(9-10-20)16-7-4-8-17(21)12-16/h4-8,11-12H,3,9-10,13-14H2,1-2H3,(H2,22,24,25). The van der Waals surface area contributed by atoms with E-state index >= 15 is 0 Å². The van der Waals surface area contributed by atoms with Crippen molar-refractivity contribution in [2.45, 2.75) is 38.6 Å². The average molecular weight is 401 g/mol. The quantitative estimate of drug-likeness (QED) is 0.570. The Hall–Kier alpha value is -1.88. The van der Waals surface area contributed by atoms with Gasteiger partial charge in [0, 0.05) is 29.2 Å². The minimum atomic E-state index is 0.237. The summed E-state index contributed by atoms with van der Waals surface area (Å²) in [7, 11) is 0. The van der Waals surface area contributed by atoms with Gasteiger partial charge in [0.1, 0.15) is 0 Å². The highest BCUT2D eigenvalue weighted by Gasteiger charge is 2.44. The summed E-state index contributed by atoms with van der Waals surface area (Å²) in [6.45, 7) is 6.49. The van der Waals surface area contributed by atoms with Crippen LogP contribution in [-0.4, -0.2) is 24.0 Å². The second-order valence-corrected chi connectivity index (χ2v) is 7.52. The van der Waals surface area contributed by atoms with Gasteiger partial charge in [-0.3, -0.25) is 4.98 Å². The second kappa shape index (κ2) is 8.00. The molecule has 0 radical (unpaired) electrons. The molecule has 1 heterocycles. The van der Waals surface area contributed by atoms with Crippen LogP contribution < -0.4 is 10.6 Å². The summed E-state index contributed by atoms with van der Waals surface area (Å²) in [5.74, 6) is 0.855. The fourth-order valence-corrected chi connectivity index (χ4v) is 3.37. The number of pyridine rings is 1. The first-order valence-corrected chi connectivity index (χ1v) is 9.61. The Morgan fingerprint density at radius 2 is 2.08 bits per heavy atom. The van der Waals surface area contributed by atoms with Crippen molar-refractivity contribution >= 4 is 21.9 Å². The van der Waals surface area contributed by atoms with Crippen molar-refractivity contribution in [2.75, 3.05) is 13.1 Å². The van der Waals surface area contributed by atoms with Crippen molar-refractivity contribution in [2.24, 2.45) is 4.99 Å².